The molecule has 1 aromatic carbocycles. The normalized spacial score (nSPS) is 11.1. The van der Waals surface area contributed by atoms with E-state index < -0.39 is 5.97 Å². The molecule has 150 valence electrons. The lowest BCUT2D eigenvalue weighted by Gasteiger charge is -2.09. The van der Waals surface area contributed by atoms with Crippen LogP contribution in [0, 0.1) is 0 Å². The number of benzene rings is 1. The summed E-state index contributed by atoms with van der Waals surface area (Å²) in [6, 6.07) is 8.41. The van der Waals surface area contributed by atoms with Crippen LogP contribution < -0.4 is 15.0 Å². The van der Waals surface area contributed by atoms with E-state index in [0.29, 0.717) is 34.8 Å². The molecule has 0 atom stereocenters. The second-order valence-corrected chi connectivity index (χ2v) is 6.42. The first-order valence-electron chi connectivity index (χ1n) is 9.17. The van der Waals surface area contributed by atoms with E-state index >= 15 is 0 Å². The number of rotatable bonds is 7. The molecular formula is C22H22N2O5. The molecule has 7 nitrogen and oxygen atoms in total. The second kappa shape index (κ2) is 8.60. The first-order chi connectivity index (χ1) is 14.0. The summed E-state index contributed by atoms with van der Waals surface area (Å²) in [5.41, 5.74) is 2.02. The summed E-state index contributed by atoms with van der Waals surface area (Å²) in [5, 5.41) is 9.20. The summed E-state index contributed by atoms with van der Waals surface area (Å²) in [7, 11) is 3.17. The van der Waals surface area contributed by atoms with Gasteiger partial charge in [0.2, 0.25) is 0 Å². The van der Waals surface area contributed by atoms with Crippen molar-refractivity contribution in [3.8, 4) is 11.5 Å². The van der Waals surface area contributed by atoms with E-state index in [1.54, 1.807) is 26.4 Å². The van der Waals surface area contributed by atoms with E-state index in [-0.39, 0.29) is 11.1 Å². The highest BCUT2D eigenvalue weighted by molar-refractivity contribution is 5.87. The molecule has 2 aromatic heterocycles. The highest BCUT2D eigenvalue weighted by atomic mass is 16.5. The Morgan fingerprint density at radius 1 is 1.17 bits per heavy atom. The Morgan fingerprint density at radius 2 is 1.97 bits per heavy atom. The average Bonchev–Trinajstić information content (AvgIpc) is 2.73. The zero-order chi connectivity index (χ0) is 21.0. The van der Waals surface area contributed by atoms with Crippen LogP contribution in [0.1, 0.15) is 40.5 Å². The molecule has 1 N–H and O–H groups in total. The van der Waals surface area contributed by atoms with E-state index in [1.165, 1.54) is 22.7 Å². The molecule has 3 aromatic rings. The van der Waals surface area contributed by atoms with Gasteiger partial charge in [0.15, 0.2) is 0 Å². The van der Waals surface area contributed by atoms with Crippen LogP contribution in [-0.2, 0) is 6.42 Å². The summed E-state index contributed by atoms with van der Waals surface area (Å²) in [6.45, 7) is 1.97. The van der Waals surface area contributed by atoms with Gasteiger partial charge in [0, 0.05) is 17.3 Å². The van der Waals surface area contributed by atoms with Crippen LogP contribution in [0.25, 0.3) is 17.8 Å². The predicted octanol–water partition coefficient (Wildman–Crippen LogP) is 3.53. The lowest BCUT2D eigenvalue weighted by Crippen LogP contribution is -2.22. The zero-order valence-electron chi connectivity index (χ0n) is 16.5. The summed E-state index contributed by atoms with van der Waals surface area (Å²) in [6.07, 6.45) is 6.19. The number of hydrogen-bond acceptors (Lipinski definition) is 5. The summed E-state index contributed by atoms with van der Waals surface area (Å²) < 4.78 is 12.0. The van der Waals surface area contributed by atoms with Crippen molar-refractivity contribution in [3.05, 3.63) is 69.3 Å². The predicted molar refractivity (Wildman–Crippen MR) is 111 cm³/mol. The molecule has 0 saturated carbocycles. The van der Waals surface area contributed by atoms with Gasteiger partial charge in [0.05, 0.1) is 25.5 Å². The van der Waals surface area contributed by atoms with Crippen molar-refractivity contribution in [3.63, 3.8) is 0 Å². The molecule has 0 bridgehead atoms. The van der Waals surface area contributed by atoms with Crippen LogP contribution in [0.2, 0.25) is 0 Å². The molecule has 2 heterocycles. The number of nitrogens with zero attached hydrogens (tertiary/aromatic N) is 2. The van der Waals surface area contributed by atoms with E-state index in [9.17, 15) is 14.7 Å². The number of carbonyl (C=O) groups is 1. The molecule has 0 radical (unpaired) electrons. The maximum Gasteiger partial charge on any atom is 0.337 e. The number of fused-ring (bicyclic) bond motifs is 1. The molecular weight excluding hydrogens is 372 g/mol. The van der Waals surface area contributed by atoms with E-state index in [1.807, 2.05) is 25.1 Å². The Hall–Kier alpha value is -3.61. The minimum atomic E-state index is -1.09. The standard InChI is InChI=1S/C22H22N2O5/c1-4-5-17-18(9-6-14-12-16(28-2)8-10-19(14)29-3)23-20-11-7-15(22(26)27)13-24(20)21(17)25/h6-13H,4-5H2,1-3H3,(H,26,27)/b9-6+. The van der Waals surface area contributed by atoms with Gasteiger partial charge in [-0.25, -0.2) is 9.78 Å². The van der Waals surface area contributed by atoms with Gasteiger partial charge in [-0.3, -0.25) is 9.20 Å². The summed E-state index contributed by atoms with van der Waals surface area (Å²) in [5.74, 6) is 0.264. The zero-order valence-corrected chi connectivity index (χ0v) is 16.5. The number of aromatic carboxylic acids is 1. The topological polar surface area (TPSA) is 90.1 Å². The van der Waals surface area contributed by atoms with Gasteiger partial charge in [0.1, 0.15) is 17.1 Å². The third-order valence-corrected chi connectivity index (χ3v) is 4.55. The molecule has 0 fully saturated rings. The monoisotopic (exact) mass is 394 g/mol. The lowest BCUT2D eigenvalue weighted by molar-refractivity contribution is 0.0696. The number of hydrogen-bond donors (Lipinski definition) is 1. The lowest BCUT2D eigenvalue weighted by atomic mass is 10.1. The molecule has 0 aliphatic carbocycles. The van der Waals surface area contributed by atoms with Crippen molar-refractivity contribution < 1.29 is 19.4 Å². The number of pyridine rings is 1. The minimum Gasteiger partial charge on any atom is -0.497 e. The quantitative estimate of drug-likeness (QED) is 0.659. The SMILES string of the molecule is CCCc1c(/C=C/c2cc(OC)ccc2OC)nc2ccc(C(=O)O)cn2c1=O. The van der Waals surface area contributed by atoms with Crippen molar-refractivity contribution in [2.24, 2.45) is 0 Å². The smallest absolute Gasteiger partial charge is 0.337 e. The summed E-state index contributed by atoms with van der Waals surface area (Å²) in [4.78, 5) is 28.8. The van der Waals surface area contributed by atoms with Crippen LogP contribution in [-0.4, -0.2) is 34.7 Å². The third kappa shape index (κ3) is 4.13. The van der Waals surface area contributed by atoms with Gasteiger partial charge >= 0.3 is 5.97 Å². The number of carboxylic acids is 1. The highest BCUT2D eigenvalue weighted by Gasteiger charge is 2.13. The van der Waals surface area contributed by atoms with Gasteiger partial charge < -0.3 is 14.6 Å². The van der Waals surface area contributed by atoms with Gasteiger partial charge in [0.25, 0.3) is 5.56 Å². The van der Waals surface area contributed by atoms with Crippen LogP contribution in [0.4, 0.5) is 0 Å². The Balaban J connectivity index is 2.15. The molecule has 3 rings (SSSR count). The van der Waals surface area contributed by atoms with Gasteiger partial charge in [-0.15, -0.1) is 0 Å². The molecule has 0 saturated heterocycles. The summed E-state index contributed by atoms with van der Waals surface area (Å²) >= 11 is 0. The van der Waals surface area contributed by atoms with Crippen molar-refractivity contribution in [2.45, 2.75) is 19.8 Å². The molecule has 0 aliphatic heterocycles. The first kappa shape index (κ1) is 20.1. The maximum atomic E-state index is 13.0. The van der Waals surface area contributed by atoms with Crippen molar-refractivity contribution in [1.29, 1.82) is 0 Å². The van der Waals surface area contributed by atoms with E-state index in [0.717, 1.165) is 12.0 Å². The Morgan fingerprint density at radius 3 is 2.62 bits per heavy atom. The first-order valence-corrected chi connectivity index (χ1v) is 9.17. The van der Waals surface area contributed by atoms with E-state index in [4.69, 9.17) is 9.47 Å². The van der Waals surface area contributed by atoms with Crippen molar-refractivity contribution in [1.82, 2.24) is 9.38 Å². The fraction of sp³-hybridized carbons (Fsp3) is 0.227. The number of ether oxygens (including phenoxy) is 2. The minimum absolute atomic E-state index is 0.0354. The fourth-order valence-electron chi connectivity index (χ4n) is 3.08. The van der Waals surface area contributed by atoms with Crippen molar-refractivity contribution >= 4 is 23.8 Å². The Bertz CT molecular complexity index is 1150. The van der Waals surface area contributed by atoms with Crippen LogP contribution in [0.3, 0.4) is 0 Å². The van der Waals surface area contributed by atoms with E-state index in [2.05, 4.69) is 4.98 Å². The van der Waals surface area contributed by atoms with Crippen LogP contribution in [0.15, 0.2) is 41.3 Å². The van der Waals surface area contributed by atoms with Gasteiger partial charge in [-0.1, -0.05) is 13.3 Å². The van der Waals surface area contributed by atoms with Crippen LogP contribution in [0.5, 0.6) is 11.5 Å². The number of methoxy groups -OCH3 is 2. The molecule has 0 amide bonds. The Labute approximate surface area is 167 Å². The molecule has 7 heteroatoms. The fourth-order valence-corrected chi connectivity index (χ4v) is 3.08. The molecule has 0 unspecified atom stereocenters. The number of aromatic nitrogens is 2. The Kier molecular flexibility index (Phi) is 5.97. The van der Waals surface area contributed by atoms with Crippen LogP contribution >= 0.6 is 0 Å². The largest absolute Gasteiger partial charge is 0.497 e. The maximum absolute atomic E-state index is 13.0. The van der Waals surface area contributed by atoms with Gasteiger partial charge in [-0.05, 0) is 48.9 Å². The third-order valence-electron chi connectivity index (χ3n) is 4.55. The molecule has 0 spiro atoms. The number of carboxylic acid groups (broad SMARTS) is 1. The average molecular weight is 394 g/mol. The van der Waals surface area contributed by atoms with Gasteiger partial charge in [-0.2, -0.15) is 0 Å². The second-order valence-electron chi connectivity index (χ2n) is 6.42. The highest BCUT2D eigenvalue weighted by Crippen LogP contribution is 2.26. The van der Waals surface area contributed by atoms with Crippen molar-refractivity contribution in [2.75, 3.05) is 14.2 Å². The molecule has 0 aliphatic rings. The molecule has 29 heavy (non-hydrogen) atoms.